The van der Waals surface area contributed by atoms with Crippen LogP contribution in [-0.4, -0.2) is 18.8 Å². The largest absolute Gasteiger partial charge is 0.496 e. The molecule has 0 aromatic heterocycles. The molecule has 0 heterocycles. The predicted octanol–water partition coefficient (Wildman–Crippen LogP) is 1.55. The fourth-order valence-electron chi connectivity index (χ4n) is 1.19. The lowest BCUT2D eigenvalue weighted by atomic mass is 10.2. The van der Waals surface area contributed by atoms with E-state index in [9.17, 15) is 9.59 Å². The average Bonchev–Trinajstić information content (AvgIpc) is 2.25. The van der Waals surface area contributed by atoms with Crippen LogP contribution in [0.5, 0.6) is 5.75 Å². The maximum Gasteiger partial charge on any atom is 0.287 e. The molecular weight excluding hydrogens is 230 g/mol. The monoisotopic (exact) mass is 241 g/mol. The van der Waals surface area contributed by atoms with Gasteiger partial charge in [-0.25, -0.2) is 0 Å². The van der Waals surface area contributed by atoms with E-state index in [0.717, 1.165) is 5.56 Å². The molecule has 1 aromatic rings. The number of benzene rings is 1. The topological polar surface area (TPSA) is 55.4 Å². The van der Waals surface area contributed by atoms with E-state index < -0.39 is 11.7 Å². The first kappa shape index (κ1) is 12.5. The van der Waals surface area contributed by atoms with Crippen molar-refractivity contribution in [3.05, 3.63) is 28.8 Å². The number of ketones is 1. The maximum atomic E-state index is 11.1. The zero-order valence-electron chi connectivity index (χ0n) is 9.04. The Labute approximate surface area is 98.5 Å². The van der Waals surface area contributed by atoms with Crippen LogP contribution in [0.15, 0.2) is 18.2 Å². The minimum absolute atomic E-state index is 0.210. The number of methoxy groups -OCH3 is 1. The average molecular weight is 242 g/mol. The summed E-state index contributed by atoms with van der Waals surface area (Å²) in [6, 6.07) is 5.08. The van der Waals surface area contributed by atoms with Gasteiger partial charge in [0.15, 0.2) is 0 Å². The summed E-state index contributed by atoms with van der Waals surface area (Å²) in [6.07, 6.45) is 0. The lowest BCUT2D eigenvalue weighted by Gasteiger charge is -2.09. The molecular formula is C11H12ClNO3. The molecule has 1 rings (SSSR count). The highest BCUT2D eigenvalue weighted by atomic mass is 35.5. The molecule has 0 radical (unpaired) electrons. The number of ether oxygens (including phenoxy) is 1. The molecule has 0 aliphatic rings. The summed E-state index contributed by atoms with van der Waals surface area (Å²) >= 11 is 5.82. The van der Waals surface area contributed by atoms with Crippen LogP contribution >= 0.6 is 11.6 Å². The van der Waals surface area contributed by atoms with Gasteiger partial charge in [-0.3, -0.25) is 9.59 Å². The third-order valence-corrected chi connectivity index (χ3v) is 2.24. The van der Waals surface area contributed by atoms with Crippen LogP contribution in [0.4, 0.5) is 0 Å². The van der Waals surface area contributed by atoms with Crippen LogP contribution in [0.1, 0.15) is 12.5 Å². The van der Waals surface area contributed by atoms with E-state index in [1.54, 1.807) is 18.2 Å². The van der Waals surface area contributed by atoms with Crippen molar-refractivity contribution < 1.29 is 14.3 Å². The van der Waals surface area contributed by atoms with E-state index in [0.29, 0.717) is 10.8 Å². The zero-order valence-corrected chi connectivity index (χ0v) is 9.80. The summed E-state index contributed by atoms with van der Waals surface area (Å²) in [5.74, 6) is -0.531. The fourth-order valence-corrected chi connectivity index (χ4v) is 1.38. The molecule has 5 heteroatoms. The first-order valence-electron chi connectivity index (χ1n) is 4.65. The van der Waals surface area contributed by atoms with E-state index >= 15 is 0 Å². The molecule has 16 heavy (non-hydrogen) atoms. The van der Waals surface area contributed by atoms with Crippen LogP contribution in [0.3, 0.4) is 0 Å². The van der Waals surface area contributed by atoms with Crippen LogP contribution in [0.25, 0.3) is 0 Å². The normalized spacial score (nSPS) is 9.69. The summed E-state index contributed by atoms with van der Waals surface area (Å²) < 4.78 is 5.10. The van der Waals surface area contributed by atoms with E-state index in [-0.39, 0.29) is 6.54 Å². The molecule has 0 spiro atoms. The van der Waals surface area contributed by atoms with Crippen molar-refractivity contribution in [3.63, 3.8) is 0 Å². The number of carbonyl (C=O) groups is 2. The van der Waals surface area contributed by atoms with Crippen LogP contribution in [0.2, 0.25) is 5.02 Å². The quantitative estimate of drug-likeness (QED) is 0.814. The summed E-state index contributed by atoms with van der Waals surface area (Å²) in [5.41, 5.74) is 0.726. The Bertz CT molecular complexity index is 418. The van der Waals surface area contributed by atoms with Crippen molar-refractivity contribution in [1.82, 2.24) is 5.32 Å². The highest BCUT2D eigenvalue weighted by Gasteiger charge is 2.09. The number of nitrogens with one attached hydrogen (secondary N) is 1. The molecule has 1 N–H and O–H groups in total. The molecule has 0 aliphatic carbocycles. The molecule has 0 aliphatic heterocycles. The van der Waals surface area contributed by atoms with Gasteiger partial charge in [-0.05, 0) is 18.2 Å². The van der Waals surface area contributed by atoms with Crippen molar-refractivity contribution in [2.75, 3.05) is 7.11 Å². The van der Waals surface area contributed by atoms with E-state index in [1.807, 2.05) is 0 Å². The van der Waals surface area contributed by atoms with Gasteiger partial charge in [0.1, 0.15) is 5.75 Å². The van der Waals surface area contributed by atoms with Crippen molar-refractivity contribution in [3.8, 4) is 5.75 Å². The molecule has 0 fully saturated rings. The standard InChI is InChI=1S/C11H12ClNO3/c1-7(14)11(15)13-6-8-5-9(12)3-4-10(8)16-2/h3-5H,6H2,1-2H3,(H,13,15). The lowest BCUT2D eigenvalue weighted by molar-refractivity contribution is -0.136. The Balaban J connectivity index is 2.76. The summed E-state index contributed by atoms with van der Waals surface area (Å²) in [5, 5.41) is 3.02. The van der Waals surface area contributed by atoms with E-state index in [4.69, 9.17) is 16.3 Å². The molecule has 1 amide bonds. The molecule has 0 unspecified atom stereocenters. The number of halogens is 1. The number of amides is 1. The van der Waals surface area contributed by atoms with Crippen LogP contribution in [0, 0.1) is 0 Å². The number of hydrogen-bond donors (Lipinski definition) is 1. The number of hydrogen-bond acceptors (Lipinski definition) is 3. The van der Waals surface area contributed by atoms with Crippen molar-refractivity contribution in [2.24, 2.45) is 0 Å². The van der Waals surface area contributed by atoms with Gasteiger partial charge < -0.3 is 10.1 Å². The molecule has 0 saturated heterocycles. The Kier molecular flexibility index (Phi) is 4.31. The number of Topliss-reactive ketones (excluding diaryl/α,β-unsaturated/α-hetero) is 1. The minimum Gasteiger partial charge on any atom is -0.496 e. The first-order chi connectivity index (χ1) is 7.54. The summed E-state index contributed by atoms with van der Waals surface area (Å²) in [7, 11) is 1.53. The lowest BCUT2D eigenvalue weighted by Crippen LogP contribution is -2.28. The number of carbonyl (C=O) groups excluding carboxylic acids is 2. The maximum absolute atomic E-state index is 11.1. The predicted molar refractivity (Wildman–Crippen MR) is 60.5 cm³/mol. The smallest absolute Gasteiger partial charge is 0.287 e. The second-order valence-electron chi connectivity index (χ2n) is 3.20. The third-order valence-electron chi connectivity index (χ3n) is 2.00. The second kappa shape index (κ2) is 5.51. The third kappa shape index (κ3) is 3.24. The summed E-state index contributed by atoms with van der Waals surface area (Å²) in [4.78, 5) is 21.8. The van der Waals surface area contributed by atoms with Gasteiger partial charge in [0.2, 0.25) is 5.78 Å². The van der Waals surface area contributed by atoms with Gasteiger partial charge >= 0.3 is 0 Å². The minimum atomic E-state index is -0.623. The van der Waals surface area contributed by atoms with E-state index in [2.05, 4.69) is 5.32 Å². The second-order valence-corrected chi connectivity index (χ2v) is 3.63. The highest BCUT2D eigenvalue weighted by molar-refractivity contribution is 6.35. The Morgan fingerprint density at radius 3 is 2.69 bits per heavy atom. The van der Waals surface area contributed by atoms with Gasteiger partial charge in [-0.1, -0.05) is 11.6 Å². The highest BCUT2D eigenvalue weighted by Crippen LogP contribution is 2.22. The van der Waals surface area contributed by atoms with Crippen LogP contribution in [-0.2, 0) is 16.1 Å². The molecule has 86 valence electrons. The Morgan fingerprint density at radius 1 is 1.44 bits per heavy atom. The molecule has 0 saturated carbocycles. The van der Waals surface area contributed by atoms with Gasteiger partial charge in [0, 0.05) is 24.1 Å². The van der Waals surface area contributed by atoms with Gasteiger partial charge in [-0.2, -0.15) is 0 Å². The molecule has 0 bridgehead atoms. The van der Waals surface area contributed by atoms with Crippen molar-refractivity contribution in [2.45, 2.75) is 13.5 Å². The number of rotatable bonds is 4. The van der Waals surface area contributed by atoms with Gasteiger partial charge in [0.05, 0.1) is 7.11 Å². The van der Waals surface area contributed by atoms with Gasteiger partial charge in [-0.15, -0.1) is 0 Å². The molecule has 4 nitrogen and oxygen atoms in total. The van der Waals surface area contributed by atoms with Crippen molar-refractivity contribution >= 4 is 23.3 Å². The van der Waals surface area contributed by atoms with E-state index in [1.165, 1.54) is 14.0 Å². The summed E-state index contributed by atoms with van der Waals surface area (Å²) in [6.45, 7) is 1.42. The Morgan fingerprint density at radius 2 is 2.12 bits per heavy atom. The zero-order chi connectivity index (χ0) is 12.1. The van der Waals surface area contributed by atoms with Crippen molar-refractivity contribution in [1.29, 1.82) is 0 Å². The Hall–Kier alpha value is -1.55. The first-order valence-corrected chi connectivity index (χ1v) is 5.03. The van der Waals surface area contributed by atoms with Gasteiger partial charge in [0.25, 0.3) is 5.91 Å². The van der Waals surface area contributed by atoms with Crippen LogP contribution < -0.4 is 10.1 Å². The fraction of sp³-hybridized carbons (Fsp3) is 0.273. The SMILES string of the molecule is COc1ccc(Cl)cc1CNC(=O)C(C)=O. The molecule has 0 atom stereocenters. The molecule has 1 aromatic carbocycles.